The molecule has 1 fully saturated rings. The molecule has 1 aliphatic heterocycles. The number of benzene rings is 1. The Hall–Kier alpha value is -2.24. The maximum absolute atomic E-state index is 12.4. The Kier molecular flexibility index (Phi) is 4.67. The van der Waals surface area contributed by atoms with Crippen LogP contribution in [0.3, 0.4) is 0 Å². The van der Waals surface area contributed by atoms with E-state index in [9.17, 15) is 9.59 Å². The predicted molar refractivity (Wildman–Crippen MR) is 77.2 cm³/mol. The molecule has 114 valence electrons. The summed E-state index contributed by atoms with van der Waals surface area (Å²) in [6.07, 6.45) is 1.25. The molecule has 6 nitrogen and oxygen atoms in total. The average Bonchev–Trinajstić information content (AvgIpc) is 2.96. The fourth-order valence-corrected chi connectivity index (χ4v) is 2.58. The highest BCUT2D eigenvalue weighted by Gasteiger charge is 2.35. The summed E-state index contributed by atoms with van der Waals surface area (Å²) in [5, 5.41) is 9.14. The zero-order valence-corrected chi connectivity index (χ0v) is 12.3. The van der Waals surface area contributed by atoms with Gasteiger partial charge in [-0.1, -0.05) is 12.1 Å². The Bertz CT molecular complexity index is 532. The van der Waals surface area contributed by atoms with Gasteiger partial charge in [-0.05, 0) is 30.5 Å². The van der Waals surface area contributed by atoms with Crippen LogP contribution in [0.4, 0.5) is 4.79 Å². The molecule has 21 heavy (non-hydrogen) atoms. The van der Waals surface area contributed by atoms with Crippen LogP contribution < -0.4 is 4.74 Å². The first-order valence-corrected chi connectivity index (χ1v) is 6.90. The number of rotatable bonds is 4. The van der Waals surface area contributed by atoms with Crippen molar-refractivity contribution in [3.05, 3.63) is 29.8 Å². The molecule has 1 unspecified atom stereocenters. The minimum Gasteiger partial charge on any atom is -0.497 e. The predicted octanol–water partition coefficient (Wildman–Crippen LogP) is 1.80. The lowest BCUT2D eigenvalue weighted by molar-refractivity contribution is -0.141. The summed E-state index contributed by atoms with van der Waals surface area (Å²) in [7, 11) is 3.27. The molecular formula is C15H20N2O4. The number of carbonyl (C=O) groups is 2. The van der Waals surface area contributed by atoms with E-state index in [4.69, 9.17) is 9.84 Å². The molecule has 1 aromatic carbocycles. The molecule has 2 amide bonds. The van der Waals surface area contributed by atoms with Gasteiger partial charge in [0.15, 0.2) is 0 Å². The van der Waals surface area contributed by atoms with Gasteiger partial charge >= 0.3 is 12.0 Å². The van der Waals surface area contributed by atoms with Crippen molar-refractivity contribution in [3.8, 4) is 5.75 Å². The fraction of sp³-hybridized carbons (Fsp3) is 0.467. The normalized spacial score (nSPS) is 17.6. The van der Waals surface area contributed by atoms with E-state index in [1.165, 1.54) is 9.80 Å². The van der Waals surface area contributed by atoms with Crippen molar-refractivity contribution in [1.82, 2.24) is 9.80 Å². The molecule has 1 N–H and O–H groups in total. The van der Waals surface area contributed by atoms with Crippen LogP contribution in [-0.2, 0) is 11.3 Å². The zero-order valence-electron chi connectivity index (χ0n) is 12.3. The molecule has 0 spiro atoms. The van der Waals surface area contributed by atoms with E-state index >= 15 is 0 Å². The van der Waals surface area contributed by atoms with Crippen molar-refractivity contribution in [2.75, 3.05) is 20.7 Å². The minimum atomic E-state index is -0.935. The lowest BCUT2D eigenvalue weighted by atomic mass is 10.2. The Labute approximate surface area is 123 Å². The number of urea groups is 1. The summed E-state index contributed by atoms with van der Waals surface area (Å²) in [4.78, 5) is 26.5. The lowest BCUT2D eigenvalue weighted by Gasteiger charge is -2.27. The molecule has 0 bridgehead atoms. The van der Waals surface area contributed by atoms with E-state index in [0.717, 1.165) is 17.7 Å². The number of carbonyl (C=O) groups excluding carboxylic acids is 1. The van der Waals surface area contributed by atoms with Crippen LogP contribution in [-0.4, -0.2) is 53.7 Å². The maximum Gasteiger partial charge on any atom is 0.326 e. The van der Waals surface area contributed by atoms with Crippen molar-refractivity contribution >= 4 is 12.0 Å². The van der Waals surface area contributed by atoms with Gasteiger partial charge in [0, 0.05) is 20.1 Å². The van der Waals surface area contributed by atoms with E-state index in [0.29, 0.717) is 19.5 Å². The number of nitrogens with zero attached hydrogens (tertiary/aromatic N) is 2. The molecule has 1 atom stereocenters. The first-order valence-electron chi connectivity index (χ1n) is 6.90. The molecule has 1 heterocycles. The molecule has 0 radical (unpaired) electrons. The van der Waals surface area contributed by atoms with Crippen LogP contribution in [0.15, 0.2) is 24.3 Å². The summed E-state index contributed by atoms with van der Waals surface area (Å²) in [6, 6.07) is 6.52. The standard InChI is InChI=1S/C15H20N2O4/c1-16(10-11-5-3-6-12(9-11)21-2)15(20)17-8-4-7-13(17)14(18)19/h3,5-6,9,13H,4,7-8,10H2,1-2H3,(H,18,19). The minimum absolute atomic E-state index is 0.247. The van der Waals surface area contributed by atoms with Gasteiger partial charge < -0.3 is 19.6 Å². The summed E-state index contributed by atoms with van der Waals surface area (Å²) in [6.45, 7) is 0.914. The number of ether oxygens (including phenoxy) is 1. The monoisotopic (exact) mass is 292 g/mol. The molecule has 6 heteroatoms. The molecule has 1 saturated heterocycles. The van der Waals surface area contributed by atoms with Crippen molar-refractivity contribution in [2.24, 2.45) is 0 Å². The van der Waals surface area contributed by atoms with Gasteiger partial charge in [-0.3, -0.25) is 0 Å². The smallest absolute Gasteiger partial charge is 0.326 e. The fourth-order valence-electron chi connectivity index (χ4n) is 2.58. The highest BCUT2D eigenvalue weighted by molar-refractivity contribution is 5.83. The number of amides is 2. The van der Waals surface area contributed by atoms with Gasteiger partial charge in [-0.15, -0.1) is 0 Å². The van der Waals surface area contributed by atoms with Crippen LogP contribution in [0.5, 0.6) is 5.75 Å². The molecule has 0 aliphatic carbocycles. The van der Waals surface area contributed by atoms with Crippen molar-refractivity contribution in [1.29, 1.82) is 0 Å². The number of carboxylic acids is 1. The SMILES string of the molecule is COc1cccc(CN(C)C(=O)N2CCCC2C(=O)O)c1. The lowest BCUT2D eigenvalue weighted by Crippen LogP contribution is -2.46. The van der Waals surface area contributed by atoms with Crippen LogP contribution in [0.25, 0.3) is 0 Å². The molecule has 1 aromatic rings. The Balaban J connectivity index is 2.03. The van der Waals surface area contributed by atoms with Gasteiger partial charge in [-0.2, -0.15) is 0 Å². The quantitative estimate of drug-likeness (QED) is 0.918. The van der Waals surface area contributed by atoms with Gasteiger partial charge in [0.1, 0.15) is 11.8 Å². The average molecular weight is 292 g/mol. The number of carboxylic acid groups (broad SMARTS) is 1. The van der Waals surface area contributed by atoms with Gasteiger partial charge in [0.2, 0.25) is 0 Å². The van der Waals surface area contributed by atoms with Crippen LogP contribution in [0.1, 0.15) is 18.4 Å². The number of aliphatic carboxylic acids is 1. The van der Waals surface area contributed by atoms with Crippen molar-refractivity contribution in [2.45, 2.75) is 25.4 Å². The van der Waals surface area contributed by atoms with Gasteiger partial charge in [-0.25, -0.2) is 9.59 Å². The Morgan fingerprint density at radius 2 is 2.24 bits per heavy atom. The summed E-state index contributed by atoms with van der Waals surface area (Å²) in [5.74, 6) is -0.200. The van der Waals surface area contributed by atoms with Crippen LogP contribution in [0, 0.1) is 0 Å². The molecule has 0 aromatic heterocycles. The second kappa shape index (κ2) is 6.47. The topological polar surface area (TPSA) is 70.1 Å². The maximum atomic E-state index is 12.4. The Morgan fingerprint density at radius 3 is 2.90 bits per heavy atom. The van der Waals surface area contributed by atoms with E-state index in [2.05, 4.69) is 0 Å². The molecule has 2 rings (SSSR count). The van der Waals surface area contributed by atoms with Gasteiger partial charge in [0.25, 0.3) is 0 Å². The third kappa shape index (κ3) is 3.45. The number of methoxy groups -OCH3 is 1. The largest absolute Gasteiger partial charge is 0.497 e. The van der Waals surface area contributed by atoms with E-state index < -0.39 is 12.0 Å². The van der Waals surface area contributed by atoms with Crippen molar-refractivity contribution < 1.29 is 19.4 Å². The molecule has 1 aliphatic rings. The highest BCUT2D eigenvalue weighted by atomic mass is 16.5. The number of likely N-dealkylation sites (tertiary alicyclic amines) is 1. The second-order valence-corrected chi connectivity index (χ2v) is 5.18. The number of hydrogen-bond acceptors (Lipinski definition) is 3. The van der Waals surface area contributed by atoms with E-state index in [1.807, 2.05) is 24.3 Å². The molecular weight excluding hydrogens is 272 g/mol. The third-order valence-corrected chi connectivity index (χ3v) is 3.66. The summed E-state index contributed by atoms with van der Waals surface area (Å²) < 4.78 is 5.15. The van der Waals surface area contributed by atoms with Crippen molar-refractivity contribution in [3.63, 3.8) is 0 Å². The summed E-state index contributed by atoms with van der Waals surface area (Å²) in [5.41, 5.74) is 0.941. The van der Waals surface area contributed by atoms with Crippen LogP contribution in [0.2, 0.25) is 0 Å². The first kappa shape index (κ1) is 15.2. The molecule has 0 saturated carbocycles. The Morgan fingerprint density at radius 1 is 1.48 bits per heavy atom. The van der Waals surface area contributed by atoms with E-state index in [-0.39, 0.29) is 6.03 Å². The van der Waals surface area contributed by atoms with Crippen LogP contribution >= 0.6 is 0 Å². The summed E-state index contributed by atoms with van der Waals surface area (Å²) >= 11 is 0. The first-order chi connectivity index (χ1) is 10.0. The second-order valence-electron chi connectivity index (χ2n) is 5.18. The van der Waals surface area contributed by atoms with Gasteiger partial charge in [0.05, 0.1) is 7.11 Å². The van der Waals surface area contributed by atoms with E-state index in [1.54, 1.807) is 14.2 Å². The third-order valence-electron chi connectivity index (χ3n) is 3.66. The number of hydrogen-bond donors (Lipinski definition) is 1. The highest BCUT2D eigenvalue weighted by Crippen LogP contribution is 2.20. The zero-order chi connectivity index (χ0) is 15.4.